The SMILES string of the molecule is O=C(O)C[C@H]1CN(C(=O)c2cc(F)cc(Br)c2)CCO1. The summed E-state index contributed by atoms with van der Waals surface area (Å²) in [4.78, 5) is 24.4. The van der Waals surface area contributed by atoms with E-state index in [1.54, 1.807) is 0 Å². The molecule has 0 bridgehead atoms. The third kappa shape index (κ3) is 3.77. The fourth-order valence-corrected chi connectivity index (χ4v) is 2.55. The van der Waals surface area contributed by atoms with Gasteiger partial charge in [-0.15, -0.1) is 0 Å². The smallest absolute Gasteiger partial charge is 0.306 e. The van der Waals surface area contributed by atoms with Crippen LogP contribution in [0.3, 0.4) is 0 Å². The molecule has 1 aromatic rings. The summed E-state index contributed by atoms with van der Waals surface area (Å²) >= 11 is 3.14. The van der Waals surface area contributed by atoms with E-state index in [-0.39, 0.29) is 31.0 Å². The molecule has 0 saturated carbocycles. The highest BCUT2D eigenvalue weighted by atomic mass is 79.9. The van der Waals surface area contributed by atoms with Crippen molar-refractivity contribution in [1.82, 2.24) is 4.90 Å². The second-order valence-corrected chi connectivity index (χ2v) is 5.42. The van der Waals surface area contributed by atoms with Gasteiger partial charge in [0.05, 0.1) is 19.1 Å². The average Bonchev–Trinajstić information content (AvgIpc) is 2.36. The molecule has 20 heavy (non-hydrogen) atoms. The lowest BCUT2D eigenvalue weighted by Gasteiger charge is -2.32. The van der Waals surface area contributed by atoms with Crippen molar-refractivity contribution in [3.8, 4) is 0 Å². The Morgan fingerprint density at radius 2 is 2.20 bits per heavy atom. The van der Waals surface area contributed by atoms with Crippen molar-refractivity contribution in [3.63, 3.8) is 0 Å². The van der Waals surface area contributed by atoms with E-state index in [2.05, 4.69) is 15.9 Å². The van der Waals surface area contributed by atoms with Gasteiger partial charge in [-0.05, 0) is 18.2 Å². The van der Waals surface area contributed by atoms with Gasteiger partial charge in [-0.3, -0.25) is 9.59 Å². The van der Waals surface area contributed by atoms with Crippen LogP contribution in [0, 0.1) is 5.82 Å². The highest BCUT2D eigenvalue weighted by Gasteiger charge is 2.26. The highest BCUT2D eigenvalue weighted by molar-refractivity contribution is 9.10. The maximum absolute atomic E-state index is 13.3. The van der Waals surface area contributed by atoms with Gasteiger partial charge in [0.1, 0.15) is 5.82 Å². The molecule has 108 valence electrons. The average molecular weight is 346 g/mol. The van der Waals surface area contributed by atoms with Crippen LogP contribution < -0.4 is 0 Å². The molecule has 1 aliphatic rings. The standard InChI is InChI=1S/C13H13BrFNO4/c14-9-3-8(4-10(15)5-9)13(19)16-1-2-20-11(7-16)6-12(17)18/h3-5,11H,1-2,6-7H2,(H,17,18)/t11-/m0/s1. The molecule has 1 atom stereocenters. The van der Waals surface area contributed by atoms with Crippen molar-refractivity contribution in [2.45, 2.75) is 12.5 Å². The summed E-state index contributed by atoms with van der Waals surface area (Å²) in [5.74, 6) is -1.81. The van der Waals surface area contributed by atoms with Crippen LogP contribution in [0.25, 0.3) is 0 Å². The van der Waals surface area contributed by atoms with Crippen LogP contribution in [0.2, 0.25) is 0 Å². The molecule has 0 aliphatic carbocycles. The van der Waals surface area contributed by atoms with Crippen LogP contribution in [0.1, 0.15) is 16.8 Å². The minimum absolute atomic E-state index is 0.156. The molecule has 1 heterocycles. The zero-order valence-electron chi connectivity index (χ0n) is 10.5. The Morgan fingerprint density at radius 3 is 2.85 bits per heavy atom. The van der Waals surface area contributed by atoms with E-state index in [1.807, 2.05) is 0 Å². The van der Waals surface area contributed by atoms with E-state index in [0.29, 0.717) is 11.0 Å². The summed E-state index contributed by atoms with van der Waals surface area (Å²) in [6.45, 7) is 0.836. The largest absolute Gasteiger partial charge is 0.481 e. The Labute approximate surface area is 123 Å². The van der Waals surface area contributed by atoms with Gasteiger partial charge in [0.15, 0.2) is 0 Å². The number of carbonyl (C=O) groups excluding carboxylic acids is 1. The van der Waals surface area contributed by atoms with Gasteiger partial charge in [-0.1, -0.05) is 15.9 Å². The summed E-state index contributed by atoms with van der Waals surface area (Å²) in [6, 6.07) is 3.96. The summed E-state index contributed by atoms with van der Waals surface area (Å²) in [6.07, 6.45) is -0.682. The lowest BCUT2D eigenvalue weighted by molar-refractivity contribution is -0.141. The second-order valence-electron chi connectivity index (χ2n) is 4.50. The molecule has 0 aromatic heterocycles. The number of amides is 1. The number of rotatable bonds is 3. The summed E-state index contributed by atoms with van der Waals surface area (Å²) < 4.78 is 19.1. The number of carboxylic acid groups (broad SMARTS) is 1. The number of nitrogens with zero attached hydrogens (tertiary/aromatic N) is 1. The summed E-state index contributed by atoms with van der Waals surface area (Å²) in [5.41, 5.74) is 0.229. The van der Waals surface area contributed by atoms with Crippen LogP contribution in [0.5, 0.6) is 0 Å². The molecule has 1 aromatic carbocycles. The van der Waals surface area contributed by atoms with Gasteiger partial charge < -0.3 is 14.7 Å². The molecule has 2 rings (SSSR count). The van der Waals surface area contributed by atoms with Crippen molar-refractivity contribution in [2.24, 2.45) is 0 Å². The first-order valence-electron chi connectivity index (χ1n) is 6.04. The monoisotopic (exact) mass is 345 g/mol. The zero-order valence-corrected chi connectivity index (χ0v) is 12.1. The summed E-state index contributed by atoms with van der Waals surface area (Å²) in [7, 11) is 0. The fourth-order valence-electron chi connectivity index (χ4n) is 2.08. The highest BCUT2D eigenvalue weighted by Crippen LogP contribution is 2.18. The number of benzene rings is 1. The molecule has 0 spiro atoms. The molecule has 1 aliphatic heterocycles. The van der Waals surface area contributed by atoms with Crippen LogP contribution in [-0.4, -0.2) is 47.7 Å². The molecule has 1 amide bonds. The van der Waals surface area contributed by atoms with Crippen LogP contribution >= 0.6 is 15.9 Å². The number of morpholine rings is 1. The minimum Gasteiger partial charge on any atom is -0.481 e. The first-order chi connectivity index (χ1) is 9.45. The van der Waals surface area contributed by atoms with E-state index < -0.39 is 17.9 Å². The Bertz CT molecular complexity index is 517. The van der Waals surface area contributed by atoms with Gasteiger partial charge in [0, 0.05) is 23.1 Å². The molecule has 0 unspecified atom stereocenters. The normalized spacial score (nSPS) is 18.9. The van der Waals surface area contributed by atoms with E-state index in [4.69, 9.17) is 9.84 Å². The van der Waals surface area contributed by atoms with E-state index >= 15 is 0 Å². The lowest BCUT2D eigenvalue weighted by atomic mass is 10.1. The second kappa shape index (κ2) is 6.32. The number of carbonyl (C=O) groups is 2. The third-order valence-corrected chi connectivity index (χ3v) is 3.40. The van der Waals surface area contributed by atoms with E-state index in [9.17, 15) is 14.0 Å². The Hall–Kier alpha value is -1.47. The van der Waals surface area contributed by atoms with Crippen LogP contribution in [0.4, 0.5) is 4.39 Å². The first kappa shape index (κ1) is 14.9. The van der Waals surface area contributed by atoms with Gasteiger partial charge in [-0.25, -0.2) is 4.39 Å². The molecule has 7 heteroatoms. The maximum Gasteiger partial charge on any atom is 0.306 e. The van der Waals surface area contributed by atoms with E-state index in [1.165, 1.54) is 17.0 Å². The first-order valence-corrected chi connectivity index (χ1v) is 6.84. The van der Waals surface area contributed by atoms with Crippen molar-refractivity contribution < 1.29 is 23.8 Å². The Kier molecular flexibility index (Phi) is 4.72. The molecule has 1 N–H and O–H groups in total. The predicted octanol–water partition coefficient (Wildman–Crippen LogP) is 1.90. The Balaban J connectivity index is 2.10. The van der Waals surface area contributed by atoms with Gasteiger partial charge in [-0.2, -0.15) is 0 Å². The molecule has 1 fully saturated rings. The number of ether oxygens (including phenoxy) is 1. The zero-order chi connectivity index (χ0) is 14.7. The number of halogens is 2. The molecular formula is C13H13BrFNO4. The summed E-state index contributed by atoms with van der Waals surface area (Å²) in [5, 5.41) is 8.74. The van der Waals surface area contributed by atoms with Crippen molar-refractivity contribution in [2.75, 3.05) is 19.7 Å². The molecule has 5 nitrogen and oxygen atoms in total. The van der Waals surface area contributed by atoms with Crippen LogP contribution in [-0.2, 0) is 9.53 Å². The number of carboxylic acids is 1. The number of aliphatic carboxylic acids is 1. The number of hydrogen-bond acceptors (Lipinski definition) is 3. The maximum atomic E-state index is 13.3. The molecular weight excluding hydrogens is 333 g/mol. The Morgan fingerprint density at radius 1 is 1.45 bits per heavy atom. The third-order valence-electron chi connectivity index (χ3n) is 2.94. The van der Waals surface area contributed by atoms with Gasteiger partial charge in [0.25, 0.3) is 5.91 Å². The van der Waals surface area contributed by atoms with E-state index in [0.717, 1.165) is 6.07 Å². The number of hydrogen-bond donors (Lipinski definition) is 1. The van der Waals surface area contributed by atoms with Crippen molar-refractivity contribution >= 4 is 27.8 Å². The lowest BCUT2D eigenvalue weighted by Crippen LogP contribution is -2.46. The quantitative estimate of drug-likeness (QED) is 0.908. The molecule has 0 radical (unpaired) electrons. The van der Waals surface area contributed by atoms with Crippen molar-refractivity contribution in [3.05, 3.63) is 34.1 Å². The minimum atomic E-state index is -0.974. The van der Waals surface area contributed by atoms with Crippen LogP contribution in [0.15, 0.2) is 22.7 Å². The van der Waals surface area contributed by atoms with Crippen molar-refractivity contribution in [1.29, 1.82) is 0 Å². The topological polar surface area (TPSA) is 66.8 Å². The van der Waals surface area contributed by atoms with Gasteiger partial charge >= 0.3 is 5.97 Å². The molecule has 1 saturated heterocycles. The predicted molar refractivity (Wildman–Crippen MR) is 72.0 cm³/mol. The van der Waals surface area contributed by atoms with Gasteiger partial charge in [0.2, 0.25) is 0 Å². The fraction of sp³-hybridized carbons (Fsp3) is 0.385.